The Morgan fingerprint density at radius 1 is 1.32 bits per heavy atom. The van der Waals surface area contributed by atoms with E-state index in [4.69, 9.17) is 14.2 Å². The van der Waals surface area contributed by atoms with Crippen molar-refractivity contribution < 1.29 is 23.8 Å². The maximum atomic E-state index is 11.1. The molecule has 4 atom stereocenters. The Labute approximate surface area is 118 Å². The molecule has 0 spiro atoms. The van der Waals surface area contributed by atoms with Crippen molar-refractivity contribution in [1.82, 2.24) is 0 Å². The van der Waals surface area contributed by atoms with E-state index in [2.05, 4.69) is 13.8 Å². The van der Waals surface area contributed by atoms with Crippen molar-refractivity contribution in [3.05, 3.63) is 0 Å². The van der Waals surface area contributed by atoms with Crippen LogP contribution in [0.25, 0.3) is 0 Å². The van der Waals surface area contributed by atoms with E-state index in [0.717, 1.165) is 12.2 Å². The zero-order chi connectivity index (χ0) is 14.4. The van der Waals surface area contributed by atoms with Gasteiger partial charge in [-0.05, 0) is 18.1 Å². The number of carbonyl (C=O) groups excluding carboxylic acids is 2. The Balaban J connectivity index is 2.66. The van der Waals surface area contributed by atoms with Crippen LogP contribution in [0.1, 0.15) is 34.1 Å². The van der Waals surface area contributed by atoms with Crippen LogP contribution in [-0.4, -0.2) is 41.9 Å². The molecule has 1 heterocycles. The van der Waals surface area contributed by atoms with Crippen LogP contribution < -0.4 is 0 Å². The summed E-state index contributed by atoms with van der Waals surface area (Å²) in [5.41, 5.74) is 0.0531. The second-order valence-electron chi connectivity index (χ2n) is 4.66. The zero-order valence-corrected chi connectivity index (χ0v) is 12.7. The predicted molar refractivity (Wildman–Crippen MR) is 72.8 cm³/mol. The minimum absolute atomic E-state index is 0.0531. The Hall–Kier alpha value is -0.750. The van der Waals surface area contributed by atoms with Gasteiger partial charge in [0.2, 0.25) is 0 Å². The van der Waals surface area contributed by atoms with E-state index in [1.807, 2.05) is 0 Å². The van der Waals surface area contributed by atoms with Crippen LogP contribution in [0, 0.1) is 5.92 Å². The van der Waals surface area contributed by atoms with Gasteiger partial charge in [0.15, 0.2) is 0 Å². The van der Waals surface area contributed by atoms with Crippen molar-refractivity contribution in [2.45, 2.75) is 51.8 Å². The minimum atomic E-state index is -0.381. The Kier molecular flexibility index (Phi) is 6.65. The second-order valence-corrected chi connectivity index (χ2v) is 6.04. The predicted octanol–water partition coefficient (Wildman–Crippen LogP) is 1.99. The van der Waals surface area contributed by atoms with E-state index in [1.54, 1.807) is 11.8 Å². The van der Waals surface area contributed by atoms with E-state index in [-0.39, 0.29) is 36.2 Å². The molecule has 0 aromatic carbocycles. The van der Waals surface area contributed by atoms with E-state index in [0.29, 0.717) is 5.92 Å². The van der Waals surface area contributed by atoms with Crippen molar-refractivity contribution in [3.63, 3.8) is 0 Å². The van der Waals surface area contributed by atoms with E-state index >= 15 is 0 Å². The highest BCUT2D eigenvalue weighted by Crippen LogP contribution is 2.33. The fraction of sp³-hybridized carbons (Fsp3) is 0.846. The van der Waals surface area contributed by atoms with Gasteiger partial charge in [-0.15, -0.1) is 11.8 Å². The van der Waals surface area contributed by atoms with Gasteiger partial charge >= 0.3 is 11.9 Å². The molecule has 0 aliphatic carbocycles. The largest absolute Gasteiger partial charge is 0.463 e. The van der Waals surface area contributed by atoms with Gasteiger partial charge in [-0.1, -0.05) is 13.8 Å². The molecule has 5 nitrogen and oxygen atoms in total. The molecule has 0 saturated carbocycles. The summed E-state index contributed by atoms with van der Waals surface area (Å²) in [6.45, 7) is 7.00. The molecule has 0 N–H and O–H groups in total. The lowest BCUT2D eigenvalue weighted by Gasteiger charge is -2.39. The first kappa shape index (κ1) is 16.3. The molecule has 1 saturated heterocycles. The Bertz CT molecular complexity index is 320. The summed E-state index contributed by atoms with van der Waals surface area (Å²) < 4.78 is 16.2. The second kappa shape index (κ2) is 7.75. The van der Waals surface area contributed by atoms with Crippen LogP contribution in [0.2, 0.25) is 0 Å². The van der Waals surface area contributed by atoms with Crippen molar-refractivity contribution >= 4 is 23.7 Å². The lowest BCUT2D eigenvalue weighted by atomic mass is 9.97. The minimum Gasteiger partial charge on any atom is -0.463 e. The third kappa shape index (κ3) is 5.40. The van der Waals surface area contributed by atoms with Gasteiger partial charge in [-0.2, -0.15) is 0 Å². The average molecular weight is 290 g/mol. The summed E-state index contributed by atoms with van der Waals surface area (Å²) in [4.78, 5) is 22.0. The van der Waals surface area contributed by atoms with Gasteiger partial charge in [0, 0.05) is 13.8 Å². The average Bonchev–Trinajstić information content (AvgIpc) is 2.30. The first-order valence-corrected chi connectivity index (χ1v) is 7.56. The van der Waals surface area contributed by atoms with E-state index < -0.39 is 0 Å². The summed E-state index contributed by atoms with van der Waals surface area (Å²) in [5, 5.41) is 0. The molecule has 110 valence electrons. The maximum Gasteiger partial charge on any atom is 0.302 e. The molecule has 1 rings (SSSR count). The molecular weight excluding hydrogens is 268 g/mol. The summed E-state index contributed by atoms with van der Waals surface area (Å²) in [5.74, 6) is 0.551. The summed E-state index contributed by atoms with van der Waals surface area (Å²) in [6.07, 6.45) is -0.00277. The first-order valence-electron chi connectivity index (χ1n) is 6.51. The van der Waals surface area contributed by atoms with Gasteiger partial charge in [-0.3, -0.25) is 9.59 Å². The molecular formula is C13H22O5S. The highest BCUT2D eigenvalue weighted by molar-refractivity contribution is 7.99. The van der Waals surface area contributed by atoms with Gasteiger partial charge in [-0.25, -0.2) is 0 Å². The highest BCUT2D eigenvalue weighted by Gasteiger charge is 2.38. The summed E-state index contributed by atoms with van der Waals surface area (Å²) in [7, 11) is 0. The fourth-order valence-electron chi connectivity index (χ4n) is 2.07. The molecule has 0 aromatic heterocycles. The SMILES string of the molecule is CCS[C@@H]1OC(COC(C)=O)[C@@H](OC(C)=O)CC1C. The lowest BCUT2D eigenvalue weighted by molar-refractivity contribution is -0.178. The summed E-state index contributed by atoms with van der Waals surface area (Å²) in [6, 6.07) is 0. The van der Waals surface area contributed by atoms with Crippen molar-refractivity contribution in [1.29, 1.82) is 0 Å². The van der Waals surface area contributed by atoms with E-state index in [1.165, 1.54) is 13.8 Å². The Morgan fingerprint density at radius 3 is 2.53 bits per heavy atom. The molecule has 0 amide bonds. The molecule has 0 aromatic rings. The smallest absolute Gasteiger partial charge is 0.302 e. The monoisotopic (exact) mass is 290 g/mol. The molecule has 19 heavy (non-hydrogen) atoms. The first-order chi connectivity index (χ1) is 8.93. The number of carbonyl (C=O) groups is 2. The maximum absolute atomic E-state index is 11.1. The number of esters is 2. The Morgan fingerprint density at radius 2 is 2.00 bits per heavy atom. The molecule has 2 unspecified atom stereocenters. The standard InChI is InChI=1S/C13H22O5S/c1-5-19-13-8(2)6-11(17-10(4)15)12(18-13)7-16-9(3)14/h8,11-13H,5-7H2,1-4H3/t8?,11-,12?,13-/m0/s1. The molecule has 0 bridgehead atoms. The molecule has 6 heteroatoms. The van der Waals surface area contributed by atoms with Crippen LogP contribution in [0.3, 0.4) is 0 Å². The van der Waals surface area contributed by atoms with Crippen LogP contribution >= 0.6 is 11.8 Å². The highest BCUT2D eigenvalue weighted by atomic mass is 32.2. The van der Waals surface area contributed by atoms with Crippen molar-refractivity contribution in [2.24, 2.45) is 5.92 Å². The van der Waals surface area contributed by atoms with Crippen LogP contribution in [0.4, 0.5) is 0 Å². The quantitative estimate of drug-likeness (QED) is 0.722. The van der Waals surface area contributed by atoms with Gasteiger partial charge in [0.05, 0.1) is 0 Å². The van der Waals surface area contributed by atoms with Crippen LogP contribution in [0.15, 0.2) is 0 Å². The fourth-order valence-corrected chi connectivity index (χ4v) is 3.06. The van der Waals surface area contributed by atoms with Crippen molar-refractivity contribution in [3.8, 4) is 0 Å². The molecule has 1 aliphatic rings. The molecule has 1 aliphatic heterocycles. The normalized spacial score (nSPS) is 30.7. The van der Waals surface area contributed by atoms with Gasteiger partial charge in [0.1, 0.15) is 24.3 Å². The number of hydrogen-bond donors (Lipinski definition) is 0. The number of thioether (sulfide) groups is 1. The van der Waals surface area contributed by atoms with E-state index in [9.17, 15) is 9.59 Å². The number of ether oxygens (including phenoxy) is 3. The van der Waals surface area contributed by atoms with Crippen molar-refractivity contribution in [2.75, 3.05) is 12.4 Å². The molecule has 1 fully saturated rings. The van der Waals surface area contributed by atoms with Gasteiger partial charge < -0.3 is 14.2 Å². The third-order valence-corrected chi connectivity index (χ3v) is 4.13. The zero-order valence-electron chi connectivity index (χ0n) is 11.9. The third-order valence-electron chi connectivity index (χ3n) is 2.89. The van der Waals surface area contributed by atoms with Crippen LogP contribution in [0.5, 0.6) is 0 Å². The molecule has 0 radical (unpaired) electrons. The number of hydrogen-bond acceptors (Lipinski definition) is 6. The lowest BCUT2D eigenvalue weighted by Crippen LogP contribution is -2.46. The van der Waals surface area contributed by atoms with Crippen LogP contribution in [-0.2, 0) is 23.8 Å². The topological polar surface area (TPSA) is 61.8 Å². The van der Waals surface area contributed by atoms with Gasteiger partial charge in [0.25, 0.3) is 0 Å². The number of rotatable bonds is 5. The summed E-state index contributed by atoms with van der Waals surface area (Å²) >= 11 is 1.72.